The Bertz CT molecular complexity index is 489. The maximum atomic E-state index is 11.9. The zero-order chi connectivity index (χ0) is 13.8. The number of carbonyl (C=O) groups excluding carboxylic acids is 2. The van der Waals surface area contributed by atoms with Gasteiger partial charge in [0.1, 0.15) is 5.75 Å². The van der Waals surface area contributed by atoms with Crippen LogP contribution in [0, 0.1) is 0 Å². The average molecular weight is 279 g/mol. The van der Waals surface area contributed by atoms with E-state index in [0.717, 1.165) is 11.3 Å². The summed E-state index contributed by atoms with van der Waals surface area (Å²) in [6.07, 6.45) is 0.453. The highest BCUT2D eigenvalue weighted by atomic mass is 32.2. The van der Waals surface area contributed by atoms with Crippen LogP contribution < -0.4 is 4.74 Å². The highest BCUT2D eigenvalue weighted by Gasteiger charge is 2.30. The van der Waals surface area contributed by atoms with Crippen molar-refractivity contribution in [3.05, 3.63) is 29.8 Å². The third-order valence-corrected chi connectivity index (χ3v) is 4.00. The molecule has 0 aliphatic carbocycles. The second-order valence-corrected chi connectivity index (χ2v) is 6.04. The van der Waals surface area contributed by atoms with Crippen LogP contribution in [0.3, 0.4) is 0 Å². The zero-order valence-corrected chi connectivity index (χ0v) is 11.9. The smallest absolute Gasteiger partial charge is 0.224 e. The molecular weight excluding hydrogens is 262 g/mol. The number of hydrogen-bond acceptors (Lipinski definition) is 4. The Labute approximate surface area is 117 Å². The van der Waals surface area contributed by atoms with E-state index >= 15 is 0 Å². The van der Waals surface area contributed by atoms with Gasteiger partial charge in [-0.25, -0.2) is 0 Å². The van der Waals surface area contributed by atoms with Crippen LogP contribution in [0.2, 0.25) is 0 Å². The number of carbonyl (C=O) groups is 2. The average Bonchev–Trinajstić information content (AvgIpc) is 2.69. The minimum absolute atomic E-state index is 0.0704. The standard InChI is InChI=1S/C14H17NO3S/c1-10(16)19-13-7-14(17)15(9-13)8-11-4-3-5-12(6-11)18-2/h3-6,13H,7-9H2,1-2H3. The Balaban J connectivity index is 1.99. The third-order valence-electron chi connectivity index (χ3n) is 3.02. The molecule has 0 bridgehead atoms. The third kappa shape index (κ3) is 3.73. The summed E-state index contributed by atoms with van der Waals surface area (Å²) >= 11 is 1.26. The number of thioether (sulfide) groups is 1. The van der Waals surface area contributed by atoms with Crippen molar-refractivity contribution in [2.75, 3.05) is 13.7 Å². The SMILES string of the molecule is COc1cccc(CN2CC(SC(C)=O)CC2=O)c1. The monoisotopic (exact) mass is 279 g/mol. The van der Waals surface area contributed by atoms with E-state index in [2.05, 4.69) is 0 Å². The van der Waals surface area contributed by atoms with Gasteiger partial charge in [-0.1, -0.05) is 23.9 Å². The van der Waals surface area contributed by atoms with Gasteiger partial charge in [-0.15, -0.1) is 0 Å². The van der Waals surface area contributed by atoms with Crippen molar-refractivity contribution in [1.29, 1.82) is 0 Å². The lowest BCUT2D eigenvalue weighted by molar-refractivity contribution is -0.128. The first-order valence-corrected chi connectivity index (χ1v) is 7.04. The lowest BCUT2D eigenvalue weighted by Gasteiger charge is -2.16. The molecule has 0 saturated carbocycles. The minimum Gasteiger partial charge on any atom is -0.497 e. The van der Waals surface area contributed by atoms with E-state index in [1.165, 1.54) is 11.8 Å². The summed E-state index contributed by atoms with van der Waals surface area (Å²) in [5.41, 5.74) is 1.04. The summed E-state index contributed by atoms with van der Waals surface area (Å²) in [5, 5.41) is 0.164. The largest absolute Gasteiger partial charge is 0.497 e. The molecule has 5 heteroatoms. The van der Waals surface area contributed by atoms with Gasteiger partial charge < -0.3 is 9.64 Å². The second kappa shape index (κ2) is 6.10. The molecule has 1 aromatic carbocycles. The van der Waals surface area contributed by atoms with Gasteiger partial charge in [0.2, 0.25) is 5.91 Å². The summed E-state index contributed by atoms with van der Waals surface area (Å²) in [6.45, 7) is 2.76. The molecule has 0 aromatic heterocycles. The van der Waals surface area contributed by atoms with E-state index in [1.54, 1.807) is 18.9 Å². The second-order valence-electron chi connectivity index (χ2n) is 4.56. The lowest BCUT2D eigenvalue weighted by Crippen LogP contribution is -2.25. The molecule has 102 valence electrons. The van der Waals surface area contributed by atoms with Crippen LogP contribution in [-0.4, -0.2) is 34.8 Å². The van der Waals surface area contributed by atoms with Crippen molar-refractivity contribution < 1.29 is 14.3 Å². The van der Waals surface area contributed by atoms with E-state index in [4.69, 9.17) is 4.74 Å². The fourth-order valence-corrected chi connectivity index (χ4v) is 3.14. The molecule has 1 aliphatic heterocycles. The number of likely N-dealkylation sites (tertiary alicyclic amines) is 1. The van der Waals surface area contributed by atoms with Crippen LogP contribution in [0.4, 0.5) is 0 Å². The lowest BCUT2D eigenvalue weighted by atomic mass is 10.2. The Kier molecular flexibility index (Phi) is 4.47. The molecule has 1 unspecified atom stereocenters. The number of methoxy groups -OCH3 is 1. The Hall–Kier alpha value is -1.49. The molecule has 1 aromatic rings. The van der Waals surface area contributed by atoms with E-state index in [1.807, 2.05) is 24.3 Å². The number of benzene rings is 1. The van der Waals surface area contributed by atoms with Crippen molar-refractivity contribution in [1.82, 2.24) is 4.90 Å². The molecule has 0 N–H and O–H groups in total. The van der Waals surface area contributed by atoms with E-state index in [0.29, 0.717) is 19.5 Å². The van der Waals surface area contributed by atoms with Crippen LogP contribution in [0.25, 0.3) is 0 Å². The van der Waals surface area contributed by atoms with Gasteiger partial charge in [-0.3, -0.25) is 9.59 Å². The van der Waals surface area contributed by atoms with Crippen LogP contribution in [0.5, 0.6) is 5.75 Å². The normalized spacial score (nSPS) is 18.7. The van der Waals surface area contributed by atoms with Gasteiger partial charge in [-0.2, -0.15) is 0 Å². The van der Waals surface area contributed by atoms with Gasteiger partial charge in [0.15, 0.2) is 5.12 Å². The Morgan fingerprint density at radius 2 is 2.32 bits per heavy atom. The first kappa shape index (κ1) is 13.9. The zero-order valence-electron chi connectivity index (χ0n) is 11.1. The van der Waals surface area contributed by atoms with E-state index in [9.17, 15) is 9.59 Å². The molecule has 0 radical (unpaired) electrons. The quantitative estimate of drug-likeness (QED) is 0.846. The van der Waals surface area contributed by atoms with Gasteiger partial charge >= 0.3 is 0 Å². The van der Waals surface area contributed by atoms with Crippen molar-refractivity contribution in [3.8, 4) is 5.75 Å². The molecule has 1 atom stereocenters. The Morgan fingerprint density at radius 1 is 1.53 bits per heavy atom. The number of amides is 1. The van der Waals surface area contributed by atoms with Gasteiger partial charge in [0.25, 0.3) is 0 Å². The molecule has 1 fully saturated rings. The highest BCUT2D eigenvalue weighted by molar-refractivity contribution is 8.14. The predicted molar refractivity (Wildman–Crippen MR) is 75.1 cm³/mol. The summed E-state index contributed by atoms with van der Waals surface area (Å²) in [6, 6.07) is 7.69. The maximum Gasteiger partial charge on any atom is 0.224 e. The van der Waals surface area contributed by atoms with E-state index in [-0.39, 0.29) is 16.3 Å². The van der Waals surface area contributed by atoms with Gasteiger partial charge in [0.05, 0.1) is 7.11 Å². The molecular formula is C14H17NO3S. The van der Waals surface area contributed by atoms with Crippen molar-refractivity contribution in [2.45, 2.75) is 25.1 Å². The first-order valence-electron chi connectivity index (χ1n) is 6.16. The van der Waals surface area contributed by atoms with E-state index < -0.39 is 0 Å². The first-order chi connectivity index (χ1) is 9.08. The topological polar surface area (TPSA) is 46.6 Å². The van der Waals surface area contributed by atoms with Crippen LogP contribution in [0.15, 0.2) is 24.3 Å². The van der Waals surface area contributed by atoms with Crippen molar-refractivity contribution >= 4 is 22.8 Å². The molecule has 19 heavy (non-hydrogen) atoms. The summed E-state index contributed by atoms with van der Waals surface area (Å²) in [7, 11) is 1.62. The van der Waals surface area contributed by atoms with Crippen molar-refractivity contribution in [3.63, 3.8) is 0 Å². The fraction of sp³-hybridized carbons (Fsp3) is 0.429. The van der Waals surface area contributed by atoms with Crippen LogP contribution in [0.1, 0.15) is 18.9 Å². The summed E-state index contributed by atoms with van der Waals surface area (Å²) < 4.78 is 5.17. The molecule has 0 spiro atoms. The summed E-state index contributed by atoms with van der Waals surface area (Å²) in [4.78, 5) is 24.8. The van der Waals surface area contributed by atoms with Crippen LogP contribution in [-0.2, 0) is 16.1 Å². The fourth-order valence-electron chi connectivity index (χ4n) is 2.19. The highest BCUT2D eigenvalue weighted by Crippen LogP contribution is 2.26. The molecule has 1 amide bonds. The minimum atomic E-state index is 0.0704. The number of ether oxygens (including phenoxy) is 1. The molecule has 2 rings (SSSR count). The molecule has 1 heterocycles. The molecule has 1 aliphatic rings. The number of nitrogens with zero attached hydrogens (tertiary/aromatic N) is 1. The van der Waals surface area contributed by atoms with Gasteiger partial charge in [0, 0.05) is 31.7 Å². The Morgan fingerprint density at radius 3 is 3.00 bits per heavy atom. The summed E-state index contributed by atoms with van der Waals surface area (Å²) in [5.74, 6) is 0.903. The maximum absolute atomic E-state index is 11.9. The predicted octanol–water partition coefficient (Wildman–Crippen LogP) is 2.08. The number of hydrogen-bond donors (Lipinski definition) is 0. The van der Waals surface area contributed by atoms with Crippen molar-refractivity contribution in [2.24, 2.45) is 0 Å². The van der Waals surface area contributed by atoms with Gasteiger partial charge in [-0.05, 0) is 17.7 Å². The van der Waals surface area contributed by atoms with Crippen LogP contribution >= 0.6 is 11.8 Å². The molecule has 1 saturated heterocycles. The number of rotatable bonds is 4. The molecule has 4 nitrogen and oxygen atoms in total.